The van der Waals surface area contributed by atoms with Gasteiger partial charge in [0.25, 0.3) is 0 Å². The molecule has 0 amide bonds. The number of esters is 1. The first-order valence-corrected chi connectivity index (χ1v) is 16.1. The van der Waals surface area contributed by atoms with Gasteiger partial charge in [-0.15, -0.1) is 0 Å². The van der Waals surface area contributed by atoms with Crippen LogP contribution in [0.15, 0.2) is 48.8 Å². The minimum atomic E-state index is -4.12. The molecule has 0 spiro atoms. The highest BCUT2D eigenvalue weighted by atomic mass is 31.2. The second-order valence-corrected chi connectivity index (χ2v) is 13.9. The van der Waals surface area contributed by atoms with Gasteiger partial charge in [0.05, 0.1) is 25.6 Å². The van der Waals surface area contributed by atoms with Crippen LogP contribution in [-0.2, 0) is 23.4 Å². The average molecular weight is 626 g/mol. The third-order valence-electron chi connectivity index (χ3n) is 7.15. The fourth-order valence-electron chi connectivity index (χ4n) is 5.04. The Hall–Kier alpha value is -3.77. The minimum absolute atomic E-state index is 0.0351. The number of carbonyl (C=O) groups excluding carboxylic acids is 1. The van der Waals surface area contributed by atoms with Crippen molar-refractivity contribution in [3.63, 3.8) is 0 Å². The number of nitrogen functional groups attached to an aromatic ring is 1. The summed E-state index contributed by atoms with van der Waals surface area (Å²) in [6.07, 6.45) is 1.38. The van der Waals surface area contributed by atoms with E-state index in [2.05, 4.69) is 25.4 Å². The van der Waals surface area contributed by atoms with Gasteiger partial charge in [0, 0.05) is 18.4 Å². The Balaban J connectivity index is 1.35. The summed E-state index contributed by atoms with van der Waals surface area (Å²) in [6, 6.07) is 12.1. The largest absolute Gasteiger partial charge is 0.464 e. The molecule has 4 aromatic rings. The van der Waals surface area contributed by atoms with E-state index in [4.69, 9.17) is 24.3 Å². The minimum Gasteiger partial charge on any atom is -0.464 e. The number of rotatable bonds is 11. The molecule has 1 aliphatic rings. The number of benzene rings is 2. The van der Waals surface area contributed by atoms with E-state index >= 15 is 0 Å². The van der Waals surface area contributed by atoms with Gasteiger partial charge in [-0.2, -0.15) is 15.1 Å². The standard InChI is InChI=1S/C30H40N7O6P/c1-18-14-21(42-27(18)37-17-33-24-25(32-6)34-29(31)35-26(24)37)15-41-44(39,36-19(2)28(38)40-16-30(3,4)5)43-23-13-9-11-20-10-7-8-12-22(20)23/h7-13,17-19,21,27H,14-16H2,1-6H3,(H,36,39)(H3,31,32,34,35)/t18-,19-,21-,27+,44-/m0/s1. The average Bonchev–Trinajstić information content (AvgIpc) is 3.56. The second-order valence-electron chi connectivity index (χ2n) is 12.2. The highest BCUT2D eigenvalue weighted by Crippen LogP contribution is 2.48. The fraction of sp³-hybridized carbons (Fsp3) is 0.467. The number of nitrogens with one attached hydrogen (secondary N) is 2. The van der Waals surface area contributed by atoms with Gasteiger partial charge in [-0.1, -0.05) is 64.1 Å². The summed E-state index contributed by atoms with van der Waals surface area (Å²) in [5.74, 6) is 0.458. The van der Waals surface area contributed by atoms with Gasteiger partial charge in [0.15, 0.2) is 17.0 Å². The first kappa shape index (κ1) is 31.6. The predicted octanol–water partition coefficient (Wildman–Crippen LogP) is 5.30. The van der Waals surface area contributed by atoms with Crippen LogP contribution >= 0.6 is 7.75 Å². The SMILES string of the molecule is CNc1nc(N)nc2c1ncn2[C@@H]1O[C@H](CO[P@@](=O)(N[C@@H](C)C(=O)OCC(C)(C)C)Oc2cccc3ccccc23)C[C@@H]1C. The summed E-state index contributed by atoms with van der Waals surface area (Å²) in [4.78, 5) is 25.9. The van der Waals surface area contributed by atoms with Crippen LogP contribution in [0.4, 0.5) is 11.8 Å². The summed E-state index contributed by atoms with van der Waals surface area (Å²) in [7, 11) is -2.39. The molecule has 0 radical (unpaired) electrons. The second kappa shape index (κ2) is 12.7. The maximum absolute atomic E-state index is 14.3. The number of fused-ring (bicyclic) bond motifs is 2. The topological polar surface area (TPSA) is 165 Å². The van der Waals surface area contributed by atoms with Crippen LogP contribution in [-0.4, -0.2) is 57.9 Å². The summed E-state index contributed by atoms with van der Waals surface area (Å²) >= 11 is 0. The number of aromatic nitrogens is 4. The molecule has 44 heavy (non-hydrogen) atoms. The first-order valence-electron chi connectivity index (χ1n) is 14.6. The zero-order chi connectivity index (χ0) is 31.6. The maximum atomic E-state index is 14.3. The molecule has 4 N–H and O–H groups in total. The molecule has 0 unspecified atom stereocenters. The normalized spacial score (nSPS) is 20.8. The van der Waals surface area contributed by atoms with Gasteiger partial charge in [-0.25, -0.2) is 9.55 Å². The number of nitrogens with zero attached hydrogens (tertiary/aromatic N) is 4. The van der Waals surface area contributed by atoms with E-state index in [0.29, 0.717) is 29.2 Å². The Morgan fingerprint density at radius 3 is 2.70 bits per heavy atom. The lowest BCUT2D eigenvalue weighted by molar-refractivity contribution is -0.148. The fourth-order valence-corrected chi connectivity index (χ4v) is 6.58. The summed E-state index contributed by atoms with van der Waals surface area (Å²) in [6.45, 7) is 9.62. The lowest BCUT2D eigenvalue weighted by Crippen LogP contribution is -2.37. The van der Waals surface area contributed by atoms with Crippen LogP contribution in [0.25, 0.3) is 21.9 Å². The molecule has 2 aromatic carbocycles. The Kier molecular flexibility index (Phi) is 9.12. The number of carbonyl (C=O) groups is 1. The van der Waals surface area contributed by atoms with Gasteiger partial charge in [-0.3, -0.25) is 13.9 Å². The Morgan fingerprint density at radius 2 is 1.95 bits per heavy atom. The quantitative estimate of drug-likeness (QED) is 0.146. The number of hydrogen-bond donors (Lipinski definition) is 3. The van der Waals surface area contributed by atoms with E-state index in [-0.39, 0.29) is 30.5 Å². The van der Waals surface area contributed by atoms with Crippen molar-refractivity contribution < 1.29 is 27.9 Å². The number of nitrogens with two attached hydrogens (primary N) is 1. The monoisotopic (exact) mass is 625 g/mol. The van der Waals surface area contributed by atoms with Gasteiger partial charge >= 0.3 is 13.7 Å². The Labute approximate surface area is 256 Å². The first-order chi connectivity index (χ1) is 20.9. The highest BCUT2D eigenvalue weighted by molar-refractivity contribution is 7.52. The van der Waals surface area contributed by atoms with E-state index in [9.17, 15) is 9.36 Å². The molecule has 13 nitrogen and oxygen atoms in total. The van der Waals surface area contributed by atoms with Gasteiger partial charge in [0.2, 0.25) is 5.95 Å². The molecule has 5 rings (SSSR count). The molecule has 2 aromatic heterocycles. The van der Waals surface area contributed by atoms with E-state index in [0.717, 1.165) is 10.8 Å². The van der Waals surface area contributed by atoms with Crippen molar-refractivity contribution in [1.29, 1.82) is 0 Å². The van der Waals surface area contributed by atoms with Gasteiger partial charge in [0.1, 0.15) is 18.0 Å². The molecular formula is C30H40N7O6P. The van der Waals surface area contributed by atoms with Gasteiger partial charge in [-0.05, 0) is 30.2 Å². The lowest BCUT2D eigenvalue weighted by Gasteiger charge is -2.25. The van der Waals surface area contributed by atoms with Crippen LogP contribution < -0.4 is 20.7 Å². The van der Waals surface area contributed by atoms with Crippen molar-refractivity contribution >= 4 is 47.4 Å². The smallest absolute Gasteiger partial charge is 0.459 e. The van der Waals surface area contributed by atoms with Crippen LogP contribution in [0.2, 0.25) is 0 Å². The molecular weight excluding hydrogens is 585 g/mol. The van der Waals surface area contributed by atoms with E-state index in [1.807, 2.05) is 62.6 Å². The Bertz CT molecular complexity index is 1680. The zero-order valence-electron chi connectivity index (χ0n) is 25.8. The van der Waals surface area contributed by atoms with Crippen molar-refractivity contribution in [2.75, 3.05) is 31.3 Å². The molecule has 0 bridgehead atoms. The number of ether oxygens (including phenoxy) is 2. The lowest BCUT2D eigenvalue weighted by atomic mass is 9.99. The van der Waals surface area contributed by atoms with Crippen molar-refractivity contribution in [2.24, 2.45) is 11.3 Å². The molecule has 0 saturated carbocycles. The summed E-state index contributed by atoms with van der Waals surface area (Å²) in [5, 5.41) is 7.44. The van der Waals surface area contributed by atoms with E-state index in [1.54, 1.807) is 32.4 Å². The van der Waals surface area contributed by atoms with Crippen LogP contribution in [0, 0.1) is 11.3 Å². The van der Waals surface area contributed by atoms with Crippen LogP contribution in [0.5, 0.6) is 5.75 Å². The molecule has 1 aliphatic heterocycles. The number of anilines is 2. The molecule has 5 atom stereocenters. The molecule has 3 heterocycles. The summed E-state index contributed by atoms with van der Waals surface area (Å²) in [5.41, 5.74) is 6.81. The molecule has 0 aliphatic carbocycles. The molecule has 1 fully saturated rings. The van der Waals surface area contributed by atoms with Crippen molar-refractivity contribution in [3.8, 4) is 5.75 Å². The van der Waals surface area contributed by atoms with Crippen molar-refractivity contribution in [3.05, 3.63) is 48.8 Å². The van der Waals surface area contributed by atoms with Crippen molar-refractivity contribution in [2.45, 2.75) is 59.4 Å². The van der Waals surface area contributed by atoms with Crippen molar-refractivity contribution in [1.82, 2.24) is 24.6 Å². The molecule has 236 valence electrons. The Morgan fingerprint density at radius 1 is 1.20 bits per heavy atom. The van der Waals surface area contributed by atoms with Crippen LogP contribution in [0.1, 0.15) is 47.3 Å². The predicted molar refractivity (Wildman–Crippen MR) is 168 cm³/mol. The van der Waals surface area contributed by atoms with E-state index in [1.165, 1.54) is 0 Å². The summed E-state index contributed by atoms with van der Waals surface area (Å²) < 4.78 is 40.0. The third-order valence-corrected chi connectivity index (χ3v) is 8.78. The number of imidazole rings is 1. The maximum Gasteiger partial charge on any atom is 0.459 e. The van der Waals surface area contributed by atoms with E-state index < -0.39 is 32.1 Å². The third kappa shape index (κ3) is 7.13. The van der Waals surface area contributed by atoms with Gasteiger partial charge < -0.3 is 25.0 Å². The zero-order valence-corrected chi connectivity index (χ0v) is 26.7. The molecule has 1 saturated heterocycles. The molecule has 14 heteroatoms. The van der Waals surface area contributed by atoms with Crippen LogP contribution in [0.3, 0.4) is 0 Å². The highest BCUT2D eigenvalue weighted by Gasteiger charge is 2.39. The number of hydrogen-bond acceptors (Lipinski definition) is 11.